The minimum atomic E-state index is -0.358. The first-order valence-corrected chi connectivity index (χ1v) is 8.69. The van der Waals surface area contributed by atoms with Crippen LogP contribution in [-0.2, 0) is 6.42 Å². The standard InChI is InChI=1S/C16H21N5OS/c1-3-4-5-11-6-8-12(9-7-11)19-16(22)20-13-10-18-21-14(13)15(17)23-2/h6-10,17H,3-5H2,1-2H3,(H,18,21)(H2,19,20,22). The number of urea groups is 1. The average molecular weight is 331 g/mol. The van der Waals surface area contributed by atoms with Gasteiger partial charge in [0, 0.05) is 5.69 Å². The molecule has 23 heavy (non-hydrogen) atoms. The Morgan fingerprint density at radius 1 is 1.30 bits per heavy atom. The summed E-state index contributed by atoms with van der Waals surface area (Å²) in [6.45, 7) is 2.17. The molecule has 0 unspecified atom stereocenters. The van der Waals surface area contributed by atoms with Crippen LogP contribution >= 0.6 is 11.8 Å². The number of unbranched alkanes of at least 4 members (excludes halogenated alkanes) is 1. The molecule has 7 heteroatoms. The summed E-state index contributed by atoms with van der Waals surface area (Å²) in [6, 6.07) is 7.48. The zero-order chi connectivity index (χ0) is 16.7. The van der Waals surface area contributed by atoms with Crippen LogP contribution in [0.5, 0.6) is 0 Å². The molecule has 0 bridgehead atoms. The maximum Gasteiger partial charge on any atom is 0.323 e. The number of nitrogens with zero attached hydrogens (tertiary/aromatic N) is 1. The van der Waals surface area contributed by atoms with Crippen molar-refractivity contribution in [1.29, 1.82) is 5.41 Å². The third-order valence-corrected chi connectivity index (χ3v) is 3.96. The van der Waals surface area contributed by atoms with Crippen LogP contribution in [0.25, 0.3) is 0 Å². The summed E-state index contributed by atoms with van der Waals surface area (Å²) >= 11 is 1.28. The lowest BCUT2D eigenvalue weighted by Gasteiger charge is -2.08. The number of hydrogen-bond donors (Lipinski definition) is 4. The summed E-state index contributed by atoms with van der Waals surface area (Å²) in [5.41, 5.74) is 2.99. The average Bonchev–Trinajstić information content (AvgIpc) is 3.01. The van der Waals surface area contributed by atoms with Crippen LogP contribution in [-0.4, -0.2) is 27.5 Å². The molecule has 0 atom stereocenters. The molecule has 0 spiro atoms. The first-order valence-electron chi connectivity index (χ1n) is 7.47. The van der Waals surface area contributed by atoms with Crippen LogP contribution in [0.3, 0.4) is 0 Å². The van der Waals surface area contributed by atoms with E-state index in [1.165, 1.54) is 29.9 Å². The quantitative estimate of drug-likeness (QED) is 0.474. The highest BCUT2D eigenvalue weighted by molar-refractivity contribution is 8.13. The van der Waals surface area contributed by atoms with Crippen molar-refractivity contribution >= 4 is 34.2 Å². The van der Waals surface area contributed by atoms with Crippen LogP contribution in [0.4, 0.5) is 16.2 Å². The molecule has 0 fully saturated rings. The Labute approximate surface area is 140 Å². The van der Waals surface area contributed by atoms with Crippen LogP contribution in [0.2, 0.25) is 0 Å². The number of aromatic amines is 1. The van der Waals surface area contributed by atoms with Crippen molar-refractivity contribution in [2.75, 3.05) is 16.9 Å². The number of aromatic nitrogens is 2. The largest absolute Gasteiger partial charge is 0.323 e. The van der Waals surface area contributed by atoms with Crippen molar-refractivity contribution in [2.45, 2.75) is 26.2 Å². The lowest BCUT2D eigenvalue weighted by atomic mass is 10.1. The monoisotopic (exact) mass is 331 g/mol. The fourth-order valence-corrected chi connectivity index (χ4v) is 2.44. The molecular formula is C16H21N5OS. The fraction of sp³-hybridized carbons (Fsp3) is 0.312. The molecule has 0 saturated carbocycles. The third kappa shape index (κ3) is 4.85. The molecule has 0 radical (unpaired) electrons. The van der Waals surface area contributed by atoms with E-state index in [0.29, 0.717) is 16.4 Å². The zero-order valence-corrected chi connectivity index (χ0v) is 14.1. The number of amides is 2. The number of carbonyl (C=O) groups excluding carboxylic acids is 1. The van der Waals surface area contributed by atoms with Crippen molar-refractivity contribution in [3.05, 3.63) is 41.7 Å². The van der Waals surface area contributed by atoms with Crippen molar-refractivity contribution < 1.29 is 4.79 Å². The van der Waals surface area contributed by atoms with E-state index in [4.69, 9.17) is 5.41 Å². The molecule has 0 saturated heterocycles. The van der Waals surface area contributed by atoms with Crippen LogP contribution in [0.15, 0.2) is 30.5 Å². The van der Waals surface area contributed by atoms with Crippen LogP contribution < -0.4 is 10.6 Å². The topological polar surface area (TPSA) is 93.7 Å². The van der Waals surface area contributed by atoms with Gasteiger partial charge in [-0.3, -0.25) is 10.5 Å². The lowest BCUT2D eigenvalue weighted by molar-refractivity contribution is 0.262. The fourth-order valence-electron chi connectivity index (χ4n) is 2.08. The second kappa shape index (κ2) is 8.38. The Balaban J connectivity index is 1.95. The second-order valence-electron chi connectivity index (χ2n) is 5.07. The third-order valence-electron chi connectivity index (χ3n) is 3.35. The Bertz CT molecular complexity index is 665. The van der Waals surface area contributed by atoms with Gasteiger partial charge in [-0.25, -0.2) is 4.79 Å². The van der Waals surface area contributed by atoms with Crippen LogP contribution in [0.1, 0.15) is 31.0 Å². The van der Waals surface area contributed by atoms with E-state index in [-0.39, 0.29) is 6.03 Å². The Kier molecular flexibility index (Phi) is 6.22. The smallest absolute Gasteiger partial charge is 0.308 e. The van der Waals surface area contributed by atoms with Gasteiger partial charge in [-0.15, -0.1) is 11.8 Å². The summed E-state index contributed by atoms with van der Waals surface area (Å²) in [7, 11) is 0. The molecule has 6 nitrogen and oxygen atoms in total. The SMILES string of the molecule is CCCCc1ccc(NC(=O)Nc2cn[nH]c2C(=N)SC)cc1. The lowest BCUT2D eigenvalue weighted by Crippen LogP contribution is -2.20. The summed E-state index contributed by atoms with van der Waals surface area (Å²) in [4.78, 5) is 12.1. The van der Waals surface area contributed by atoms with Gasteiger partial charge in [0.15, 0.2) is 0 Å². The van der Waals surface area contributed by atoms with E-state index in [9.17, 15) is 4.79 Å². The first kappa shape index (κ1) is 17.1. The number of benzene rings is 1. The number of thioether (sulfide) groups is 1. The number of nitrogens with one attached hydrogen (secondary N) is 4. The first-order chi connectivity index (χ1) is 11.1. The van der Waals surface area contributed by atoms with E-state index in [0.717, 1.165) is 18.5 Å². The number of hydrogen-bond acceptors (Lipinski definition) is 4. The van der Waals surface area contributed by atoms with E-state index in [1.807, 2.05) is 24.3 Å². The Hall–Kier alpha value is -2.28. The summed E-state index contributed by atoms with van der Waals surface area (Å²) < 4.78 is 0. The molecule has 4 N–H and O–H groups in total. The second-order valence-corrected chi connectivity index (χ2v) is 5.89. The molecule has 0 aliphatic heterocycles. The highest BCUT2D eigenvalue weighted by Gasteiger charge is 2.12. The zero-order valence-electron chi connectivity index (χ0n) is 13.3. The van der Waals surface area contributed by atoms with Crippen molar-refractivity contribution in [1.82, 2.24) is 10.2 Å². The number of carbonyl (C=O) groups is 1. The molecule has 1 aromatic heterocycles. The van der Waals surface area contributed by atoms with Gasteiger partial charge in [-0.1, -0.05) is 25.5 Å². The minimum absolute atomic E-state index is 0.318. The summed E-state index contributed by atoms with van der Waals surface area (Å²) in [5.74, 6) is 0. The number of H-pyrrole nitrogens is 1. The van der Waals surface area contributed by atoms with E-state index >= 15 is 0 Å². The van der Waals surface area contributed by atoms with Crippen molar-refractivity contribution in [3.63, 3.8) is 0 Å². The predicted molar refractivity (Wildman–Crippen MR) is 96.6 cm³/mol. The Morgan fingerprint density at radius 2 is 2.04 bits per heavy atom. The van der Waals surface area contributed by atoms with Gasteiger partial charge in [0.1, 0.15) is 10.7 Å². The predicted octanol–water partition coefficient (Wildman–Crippen LogP) is 4.08. The van der Waals surface area contributed by atoms with Crippen LogP contribution in [0, 0.1) is 5.41 Å². The maximum absolute atomic E-state index is 12.1. The number of rotatable bonds is 6. The molecular weight excluding hydrogens is 310 g/mol. The number of aryl methyl sites for hydroxylation is 1. The summed E-state index contributed by atoms with van der Waals surface area (Å²) in [6.07, 6.45) is 6.68. The molecule has 122 valence electrons. The van der Waals surface area contributed by atoms with E-state index < -0.39 is 0 Å². The van der Waals surface area contributed by atoms with Crippen molar-refractivity contribution in [2.24, 2.45) is 0 Å². The highest BCUT2D eigenvalue weighted by atomic mass is 32.2. The molecule has 1 heterocycles. The minimum Gasteiger partial charge on any atom is -0.308 e. The maximum atomic E-state index is 12.1. The highest BCUT2D eigenvalue weighted by Crippen LogP contribution is 2.18. The molecule has 2 rings (SSSR count). The van der Waals surface area contributed by atoms with Crippen molar-refractivity contribution in [3.8, 4) is 0 Å². The van der Waals surface area contributed by atoms with Gasteiger partial charge in [0.05, 0.1) is 11.9 Å². The molecule has 2 aromatic rings. The van der Waals surface area contributed by atoms with Gasteiger partial charge >= 0.3 is 6.03 Å². The van der Waals surface area contributed by atoms with Gasteiger partial charge in [0.2, 0.25) is 0 Å². The molecule has 0 aliphatic carbocycles. The molecule has 1 aromatic carbocycles. The van der Waals surface area contributed by atoms with E-state index in [2.05, 4.69) is 27.8 Å². The van der Waals surface area contributed by atoms with E-state index in [1.54, 1.807) is 6.26 Å². The van der Waals surface area contributed by atoms with Gasteiger partial charge < -0.3 is 10.6 Å². The molecule has 2 amide bonds. The Morgan fingerprint density at radius 3 is 2.70 bits per heavy atom. The number of anilines is 2. The van der Waals surface area contributed by atoms with Gasteiger partial charge in [0.25, 0.3) is 0 Å². The molecule has 0 aliphatic rings. The summed E-state index contributed by atoms with van der Waals surface area (Å²) in [5, 5.41) is 20.2. The normalized spacial score (nSPS) is 10.3. The van der Waals surface area contributed by atoms with Gasteiger partial charge in [-0.2, -0.15) is 5.10 Å². The van der Waals surface area contributed by atoms with Gasteiger partial charge in [-0.05, 0) is 36.8 Å².